The highest BCUT2D eigenvalue weighted by Gasteiger charge is 2.22. The number of carbonyl (C=O) groups excluding carboxylic acids is 2. The summed E-state index contributed by atoms with van der Waals surface area (Å²) in [6.45, 7) is 4.47. The van der Waals surface area contributed by atoms with Crippen molar-refractivity contribution in [3.8, 4) is 5.75 Å². The number of non-ortho nitro benzene ring substituents is 1. The number of ether oxygens (including phenoxy) is 1. The lowest BCUT2D eigenvalue weighted by molar-refractivity contribution is -0.384. The van der Waals surface area contributed by atoms with Gasteiger partial charge in [-0.2, -0.15) is 0 Å². The Kier molecular flexibility index (Phi) is 7.88. The number of halogens is 1. The van der Waals surface area contributed by atoms with Crippen LogP contribution in [0.1, 0.15) is 19.8 Å². The average Bonchev–Trinajstić information content (AvgIpc) is 2.78. The lowest BCUT2D eigenvalue weighted by Crippen LogP contribution is -2.48. The number of anilines is 2. The maximum Gasteiger partial charge on any atom is 0.269 e. The molecule has 1 fully saturated rings. The van der Waals surface area contributed by atoms with E-state index in [4.69, 9.17) is 16.3 Å². The zero-order valence-electron chi connectivity index (χ0n) is 17.8. The summed E-state index contributed by atoms with van der Waals surface area (Å²) in [6, 6.07) is 10.8. The third-order valence-corrected chi connectivity index (χ3v) is 5.39. The number of hydrogen-bond donors (Lipinski definition) is 1. The van der Waals surface area contributed by atoms with Crippen LogP contribution in [0, 0.1) is 10.1 Å². The maximum atomic E-state index is 12.2. The van der Waals surface area contributed by atoms with Crippen molar-refractivity contribution in [2.24, 2.45) is 0 Å². The van der Waals surface area contributed by atoms with Gasteiger partial charge in [0.15, 0.2) is 6.61 Å². The van der Waals surface area contributed by atoms with Crippen molar-refractivity contribution in [3.63, 3.8) is 0 Å². The van der Waals surface area contributed by atoms with E-state index in [0.29, 0.717) is 49.1 Å². The maximum absolute atomic E-state index is 12.2. The van der Waals surface area contributed by atoms with Crippen molar-refractivity contribution in [1.29, 1.82) is 0 Å². The highest BCUT2D eigenvalue weighted by molar-refractivity contribution is 6.33. The number of nitro groups is 1. The molecule has 2 amide bonds. The van der Waals surface area contributed by atoms with Gasteiger partial charge in [-0.3, -0.25) is 19.7 Å². The van der Waals surface area contributed by atoms with Gasteiger partial charge in [0.1, 0.15) is 5.75 Å². The standard InChI is InChI=1S/C22H25ClN4O5/c1-2-3-22(29)26-12-10-25(11-13-26)20-9-4-16(14-19(20)23)24-21(28)15-32-18-7-5-17(6-8-18)27(30)31/h4-9,14H,2-3,10-13,15H2,1H3,(H,24,28). The first-order valence-corrected chi connectivity index (χ1v) is 10.7. The Morgan fingerprint density at radius 3 is 2.41 bits per heavy atom. The molecule has 1 N–H and O–H groups in total. The summed E-state index contributed by atoms with van der Waals surface area (Å²) >= 11 is 6.45. The molecule has 0 aliphatic carbocycles. The summed E-state index contributed by atoms with van der Waals surface area (Å²) in [4.78, 5) is 38.4. The molecule has 170 valence electrons. The van der Waals surface area contributed by atoms with Gasteiger partial charge in [0.25, 0.3) is 11.6 Å². The van der Waals surface area contributed by atoms with E-state index in [0.717, 1.165) is 12.1 Å². The molecule has 1 saturated heterocycles. The highest BCUT2D eigenvalue weighted by Crippen LogP contribution is 2.30. The Morgan fingerprint density at radius 2 is 1.81 bits per heavy atom. The van der Waals surface area contributed by atoms with Gasteiger partial charge in [-0.1, -0.05) is 18.5 Å². The molecule has 10 heteroatoms. The molecule has 0 bridgehead atoms. The largest absolute Gasteiger partial charge is 0.484 e. The number of amides is 2. The summed E-state index contributed by atoms with van der Waals surface area (Å²) < 4.78 is 5.36. The number of benzene rings is 2. The number of piperazine rings is 1. The summed E-state index contributed by atoms with van der Waals surface area (Å²) in [5.41, 5.74) is 1.34. The fraction of sp³-hybridized carbons (Fsp3) is 0.364. The predicted octanol–water partition coefficient (Wildman–Crippen LogP) is 3.71. The van der Waals surface area contributed by atoms with E-state index in [9.17, 15) is 19.7 Å². The number of nitrogens with one attached hydrogen (secondary N) is 1. The van der Waals surface area contributed by atoms with Crippen LogP contribution in [0.15, 0.2) is 42.5 Å². The normalized spacial score (nSPS) is 13.6. The molecule has 0 spiro atoms. The fourth-order valence-corrected chi connectivity index (χ4v) is 3.72. The predicted molar refractivity (Wildman–Crippen MR) is 122 cm³/mol. The van der Waals surface area contributed by atoms with Crippen LogP contribution in [-0.4, -0.2) is 54.4 Å². The third-order valence-electron chi connectivity index (χ3n) is 5.09. The Hall–Kier alpha value is -3.33. The van der Waals surface area contributed by atoms with Crippen LogP contribution in [0.2, 0.25) is 5.02 Å². The minimum atomic E-state index is -0.504. The van der Waals surface area contributed by atoms with Gasteiger partial charge >= 0.3 is 0 Å². The Balaban J connectivity index is 1.51. The van der Waals surface area contributed by atoms with Gasteiger partial charge in [0.2, 0.25) is 5.91 Å². The second-order valence-corrected chi connectivity index (χ2v) is 7.78. The lowest BCUT2D eigenvalue weighted by atomic mass is 10.2. The van der Waals surface area contributed by atoms with Crippen LogP contribution in [0.25, 0.3) is 0 Å². The molecule has 1 heterocycles. The first kappa shape index (κ1) is 23.3. The van der Waals surface area contributed by atoms with Crippen molar-refractivity contribution in [2.75, 3.05) is 43.0 Å². The molecule has 2 aromatic rings. The molecule has 0 radical (unpaired) electrons. The van der Waals surface area contributed by atoms with E-state index in [-0.39, 0.29) is 24.1 Å². The Morgan fingerprint density at radius 1 is 1.12 bits per heavy atom. The Labute approximate surface area is 191 Å². The molecule has 0 saturated carbocycles. The van der Waals surface area contributed by atoms with Crippen LogP contribution in [0.4, 0.5) is 17.1 Å². The van der Waals surface area contributed by atoms with Gasteiger partial charge in [-0.25, -0.2) is 0 Å². The molecule has 3 rings (SSSR count). The molecule has 9 nitrogen and oxygen atoms in total. The lowest BCUT2D eigenvalue weighted by Gasteiger charge is -2.36. The second-order valence-electron chi connectivity index (χ2n) is 7.37. The molecule has 0 atom stereocenters. The van der Waals surface area contributed by atoms with Gasteiger partial charge in [0, 0.05) is 50.4 Å². The van der Waals surface area contributed by atoms with E-state index < -0.39 is 4.92 Å². The number of hydrogen-bond acceptors (Lipinski definition) is 6. The molecular weight excluding hydrogens is 436 g/mol. The minimum Gasteiger partial charge on any atom is -0.484 e. The van der Waals surface area contributed by atoms with Crippen LogP contribution < -0.4 is 15.0 Å². The molecule has 2 aromatic carbocycles. The van der Waals surface area contributed by atoms with Crippen molar-refractivity contribution >= 4 is 40.5 Å². The number of rotatable bonds is 8. The molecule has 0 unspecified atom stereocenters. The topological polar surface area (TPSA) is 105 Å². The smallest absolute Gasteiger partial charge is 0.269 e. The summed E-state index contributed by atoms with van der Waals surface area (Å²) in [7, 11) is 0. The number of carbonyl (C=O) groups is 2. The zero-order chi connectivity index (χ0) is 23.1. The molecule has 32 heavy (non-hydrogen) atoms. The second kappa shape index (κ2) is 10.8. The van der Waals surface area contributed by atoms with Crippen LogP contribution in [0.3, 0.4) is 0 Å². The molecule has 1 aliphatic rings. The first-order valence-electron chi connectivity index (χ1n) is 10.4. The van der Waals surface area contributed by atoms with Gasteiger partial charge < -0.3 is 19.9 Å². The van der Waals surface area contributed by atoms with Gasteiger partial charge in [0.05, 0.1) is 15.6 Å². The van der Waals surface area contributed by atoms with Crippen molar-refractivity contribution < 1.29 is 19.2 Å². The van der Waals surface area contributed by atoms with Crippen molar-refractivity contribution in [3.05, 3.63) is 57.6 Å². The summed E-state index contributed by atoms with van der Waals surface area (Å²) in [5.74, 6) is 0.165. The molecule has 1 aliphatic heterocycles. The molecule has 0 aromatic heterocycles. The van der Waals surface area contributed by atoms with E-state index in [2.05, 4.69) is 10.2 Å². The first-order chi connectivity index (χ1) is 15.4. The van der Waals surface area contributed by atoms with Crippen LogP contribution in [-0.2, 0) is 9.59 Å². The number of nitrogens with zero attached hydrogens (tertiary/aromatic N) is 3. The third kappa shape index (κ3) is 6.10. The van der Waals surface area contributed by atoms with E-state index in [1.54, 1.807) is 12.1 Å². The van der Waals surface area contributed by atoms with Crippen LogP contribution in [0.5, 0.6) is 5.75 Å². The van der Waals surface area contributed by atoms with Gasteiger partial charge in [-0.15, -0.1) is 0 Å². The summed E-state index contributed by atoms with van der Waals surface area (Å²) in [5, 5.41) is 13.9. The quantitative estimate of drug-likeness (QED) is 0.475. The average molecular weight is 461 g/mol. The van der Waals surface area contributed by atoms with Crippen molar-refractivity contribution in [2.45, 2.75) is 19.8 Å². The Bertz CT molecular complexity index is 975. The van der Waals surface area contributed by atoms with E-state index in [1.807, 2.05) is 17.9 Å². The zero-order valence-corrected chi connectivity index (χ0v) is 18.5. The van der Waals surface area contributed by atoms with Crippen molar-refractivity contribution in [1.82, 2.24) is 4.90 Å². The highest BCUT2D eigenvalue weighted by atomic mass is 35.5. The SMILES string of the molecule is CCCC(=O)N1CCN(c2ccc(NC(=O)COc3ccc([N+](=O)[O-])cc3)cc2Cl)CC1. The fourth-order valence-electron chi connectivity index (χ4n) is 3.42. The summed E-state index contributed by atoms with van der Waals surface area (Å²) in [6.07, 6.45) is 1.42. The molecular formula is C22H25ClN4O5. The number of nitro benzene ring substituents is 1. The monoisotopic (exact) mass is 460 g/mol. The van der Waals surface area contributed by atoms with E-state index in [1.165, 1.54) is 24.3 Å². The van der Waals surface area contributed by atoms with Crippen LogP contribution >= 0.6 is 11.6 Å². The minimum absolute atomic E-state index is 0.0505. The van der Waals surface area contributed by atoms with E-state index >= 15 is 0 Å². The van der Waals surface area contributed by atoms with Gasteiger partial charge in [-0.05, 0) is 36.8 Å².